The van der Waals surface area contributed by atoms with Crippen molar-refractivity contribution in [2.24, 2.45) is 11.8 Å². The Labute approximate surface area is 130 Å². The molecule has 3 unspecified atom stereocenters. The third-order valence-electron chi connectivity index (χ3n) is 5.13. The van der Waals surface area contributed by atoms with Gasteiger partial charge in [0.1, 0.15) is 0 Å². The van der Waals surface area contributed by atoms with Gasteiger partial charge in [0, 0.05) is 30.7 Å². The van der Waals surface area contributed by atoms with Gasteiger partial charge in [-0.3, -0.25) is 4.90 Å². The van der Waals surface area contributed by atoms with Crippen molar-refractivity contribution in [1.29, 1.82) is 0 Å². The van der Waals surface area contributed by atoms with Crippen molar-refractivity contribution >= 4 is 9.84 Å². The Kier molecular flexibility index (Phi) is 5.06. The molecule has 4 nitrogen and oxygen atoms in total. The second-order valence-corrected chi connectivity index (χ2v) is 10.2. The van der Waals surface area contributed by atoms with Gasteiger partial charge in [0.25, 0.3) is 0 Å². The Hall–Kier alpha value is -0.130. The van der Waals surface area contributed by atoms with Gasteiger partial charge in [0.15, 0.2) is 9.84 Å². The van der Waals surface area contributed by atoms with Crippen LogP contribution in [0.1, 0.15) is 47.5 Å². The molecule has 0 aromatic rings. The number of nitrogens with zero attached hydrogens (tertiary/aromatic N) is 1. The first kappa shape index (κ1) is 17.2. The number of nitrogens with one attached hydrogen (secondary N) is 1. The van der Waals surface area contributed by atoms with Crippen molar-refractivity contribution in [2.75, 3.05) is 24.6 Å². The molecular formula is C16H32N2O2S. The first-order chi connectivity index (χ1) is 9.63. The molecule has 2 rings (SSSR count). The summed E-state index contributed by atoms with van der Waals surface area (Å²) in [7, 11) is -2.85. The molecule has 0 aliphatic carbocycles. The third kappa shape index (κ3) is 3.99. The highest BCUT2D eigenvalue weighted by molar-refractivity contribution is 7.91. The summed E-state index contributed by atoms with van der Waals surface area (Å²) in [6.45, 7) is 13.1. The van der Waals surface area contributed by atoms with Gasteiger partial charge in [-0.15, -0.1) is 0 Å². The van der Waals surface area contributed by atoms with Gasteiger partial charge >= 0.3 is 0 Å². The third-order valence-corrected chi connectivity index (χ3v) is 7.02. The maximum Gasteiger partial charge on any atom is 0.152 e. The summed E-state index contributed by atoms with van der Waals surface area (Å²) in [5, 5.41) is 3.68. The van der Waals surface area contributed by atoms with E-state index in [0.717, 1.165) is 25.9 Å². The fourth-order valence-corrected chi connectivity index (χ4v) is 6.15. The fourth-order valence-electron chi connectivity index (χ4n) is 4.00. The summed E-state index contributed by atoms with van der Waals surface area (Å²) in [6.07, 6.45) is 1.94. The molecule has 0 bridgehead atoms. The van der Waals surface area contributed by atoms with E-state index in [-0.39, 0.29) is 5.54 Å². The molecule has 2 aliphatic heterocycles. The molecule has 0 saturated carbocycles. The summed E-state index contributed by atoms with van der Waals surface area (Å²) >= 11 is 0. The standard InChI is InChI=1S/C16H32N2O2S/c1-12(2)8-14-10-18(15(9-17-14)13(3)4)16(5)6-7-21(19,20)11-16/h12-15,17H,6-11H2,1-5H3. The van der Waals surface area contributed by atoms with E-state index in [0.29, 0.717) is 35.4 Å². The molecule has 0 aromatic heterocycles. The molecule has 0 radical (unpaired) electrons. The fraction of sp³-hybridized carbons (Fsp3) is 1.00. The van der Waals surface area contributed by atoms with E-state index in [4.69, 9.17) is 0 Å². The van der Waals surface area contributed by atoms with Crippen LogP contribution in [0.5, 0.6) is 0 Å². The summed E-state index contributed by atoms with van der Waals surface area (Å²) in [6, 6.07) is 0.923. The Bertz CT molecular complexity index is 461. The first-order valence-corrected chi connectivity index (χ1v) is 10.2. The highest BCUT2D eigenvalue weighted by Crippen LogP contribution is 2.34. The Morgan fingerprint density at radius 2 is 1.95 bits per heavy atom. The molecule has 0 aromatic carbocycles. The highest BCUT2D eigenvalue weighted by atomic mass is 32.2. The molecular weight excluding hydrogens is 284 g/mol. The van der Waals surface area contributed by atoms with Gasteiger partial charge in [-0.05, 0) is 31.6 Å². The van der Waals surface area contributed by atoms with Crippen molar-refractivity contribution in [3.05, 3.63) is 0 Å². The van der Waals surface area contributed by atoms with Crippen LogP contribution in [0.15, 0.2) is 0 Å². The van der Waals surface area contributed by atoms with Gasteiger partial charge in [0.05, 0.1) is 11.5 Å². The Morgan fingerprint density at radius 3 is 2.43 bits per heavy atom. The quantitative estimate of drug-likeness (QED) is 0.861. The van der Waals surface area contributed by atoms with Crippen molar-refractivity contribution in [1.82, 2.24) is 10.2 Å². The lowest BCUT2D eigenvalue weighted by Crippen LogP contribution is -2.65. The van der Waals surface area contributed by atoms with E-state index in [1.807, 2.05) is 0 Å². The monoisotopic (exact) mass is 316 g/mol. The number of piperazine rings is 1. The molecule has 1 N–H and O–H groups in total. The summed E-state index contributed by atoms with van der Waals surface area (Å²) in [4.78, 5) is 2.52. The summed E-state index contributed by atoms with van der Waals surface area (Å²) in [5.41, 5.74) is -0.175. The zero-order chi connectivity index (χ0) is 15.8. The summed E-state index contributed by atoms with van der Waals surface area (Å²) in [5.74, 6) is 1.89. The SMILES string of the molecule is CC(C)CC1CN(C2(C)CCS(=O)(=O)C2)C(C(C)C)CN1. The minimum absolute atomic E-state index is 0.175. The predicted molar refractivity (Wildman–Crippen MR) is 88.3 cm³/mol. The Balaban J connectivity index is 2.18. The van der Waals surface area contributed by atoms with Crippen LogP contribution in [0.3, 0.4) is 0 Å². The van der Waals surface area contributed by atoms with Crippen LogP contribution in [-0.2, 0) is 9.84 Å². The smallest absolute Gasteiger partial charge is 0.152 e. The van der Waals surface area contributed by atoms with Crippen LogP contribution >= 0.6 is 0 Å². The minimum Gasteiger partial charge on any atom is -0.311 e. The predicted octanol–water partition coefficient (Wildman–Crippen LogP) is 1.91. The molecule has 2 fully saturated rings. The largest absolute Gasteiger partial charge is 0.311 e. The number of rotatable bonds is 4. The van der Waals surface area contributed by atoms with Gasteiger partial charge in [-0.1, -0.05) is 27.7 Å². The number of hydrogen-bond donors (Lipinski definition) is 1. The van der Waals surface area contributed by atoms with Crippen LogP contribution in [0.4, 0.5) is 0 Å². The molecule has 5 heteroatoms. The topological polar surface area (TPSA) is 49.4 Å². The minimum atomic E-state index is -2.85. The Morgan fingerprint density at radius 1 is 1.29 bits per heavy atom. The van der Waals surface area contributed by atoms with Crippen LogP contribution in [-0.4, -0.2) is 55.5 Å². The van der Waals surface area contributed by atoms with Crippen molar-refractivity contribution in [3.8, 4) is 0 Å². The molecule has 2 heterocycles. The first-order valence-electron chi connectivity index (χ1n) is 8.33. The van der Waals surface area contributed by atoms with E-state index in [2.05, 4.69) is 44.8 Å². The molecule has 0 spiro atoms. The van der Waals surface area contributed by atoms with Crippen LogP contribution in [0, 0.1) is 11.8 Å². The lowest BCUT2D eigenvalue weighted by atomic mass is 9.88. The summed E-state index contributed by atoms with van der Waals surface area (Å²) < 4.78 is 24.0. The van der Waals surface area contributed by atoms with Gasteiger partial charge in [0.2, 0.25) is 0 Å². The van der Waals surface area contributed by atoms with Crippen LogP contribution in [0.25, 0.3) is 0 Å². The zero-order valence-electron chi connectivity index (χ0n) is 14.2. The van der Waals surface area contributed by atoms with E-state index in [1.54, 1.807) is 0 Å². The van der Waals surface area contributed by atoms with Gasteiger partial charge in [-0.25, -0.2) is 8.42 Å². The maximum atomic E-state index is 12.0. The van der Waals surface area contributed by atoms with Crippen molar-refractivity contribution < 1.29 is 8.42 Å². The number of hydrogen-bond acceptors (Lipinski definition) is 4. The van der Waals surface area contributed by atoms with Crippen LogP contribution < -0.4 is 5.32 Å². The molecule has 3 atom stereocenters. The highest BCUT2D eigenvalue weighted by Gasteiger charge is 2.47. The number of sulfone groups is 1. The van der Waals surface area contributed by atoms with E-state index < -0.39 is 9.84 Å². The van der Waals surface area contributed by atoms with Gasteiger partial charge < -0.3 is 5.32 Å². The second kappa shape index (κ2) is 6.17. The van der Waals surface area contributed by atoms with E-state index >= 15 is 0 Å². The normalized spacial score (nSPS) is 37.5. The maximum absolute atomic E-state index is 12.0. The van der Waals surface area contributed by atoms with E-state index in [9.17, 15) is 8.42 Å². The average Bonchev–Trinajstić information content (AvgIpc) is 2.63. The lowest BCUT2D eigenvalue weighted by Gasteiger charge is -2.50. The zero-order valence-corrected chi connectivity index (χ0v) is 15.0. The molecule has 2 saturated heterocycles. The molecule has 21 heavy (non-hydrogen) atoms. The van der Waals surface area contributed by atoms with Crippen LogP contribution in [0.2, 0.25) is 0 Å². The van der Waals surface area contributed by atoms with Gasteiger partial charge in [-0.2, -0.15) is 0 Å². The second-order valence-electron chi connectivity index (χ2n) is 8.04. The average molecular weight is 317 g/mol. The molecule has 124 valence electrons. The van der Waals surface area contributed by atoms with Crippen molar-refractivity contribution in [2.45, 2.75) is 65.1 Å². The van der Waals surface area contributed by atoms with E-state index in [1.165, 1.54) is 0 Å². The molecule has 2 aliphatic rings. The van der Waals surface area contributed by atoms with Crippen molar-refractivity contribution in [3.63, 3.8) is 0 Å². The lowest BCUT2D eigenvalue weighted by molar-refractivity contribution is 0.0105. The molecule has 0 amide bonds.